The lowest BCUT2D eigenvalue weighted by molar-refractivity contribution is 0.242. The molecule has 0 aliphatic rings. The summed E-state index contributed by atoms with van der Waals surface area (Å²) in [6.45, 7) is 4.09. The Morgan fingerprint density at radius 1 is 1.19 bits per heavy atom. The summed E-state index contributed by atoms with van der Waals surface area (Å²) in [6, 6.07) is 7.91. The van der Waals surface area contributed by atoms with Gasteiger partial charge in [0.25, 0.3) is 0 Å². The number of hydrogen-bond acceptors (Lipinski definition) is 2. The normalized spacial score (nSPS) is 11.8. The second kappa shape index (κ2) is 6.85. The number of benzene rings is 1. The lowest BCUT2D eigenvalue weighted by Crippen LogP contribution is -2.05. The van der Waals surface area contributed by atoms with Crippen LogP contribution in [0.3, 0.4) is 0 Å². The van der Waals surface area contributed by atoms with Gasteiger partial charge in [0.1, 0.15) is 5.75 Å². The van der Waals surface area contributed by atoms with Crippen LogP contribution >= 0.6 is 0 Å². The SMILES string of the molecule is CC(C)Oc1ccc(/C=C/C=C/CO)cc1. The minimum Gasteiger partial charge on any atom is -0.491 e. The van der Waals surface area contributed by atoms with Crippen molar-refractivity contribution in [3.8, 4) is 5.75 Å². The van der Waals surface area contributed by atoms with Crippen LogP contribution in [0, 0.1) is 0 Å². The zero-order valence-electron chi connectivity index (χ0n) is 9.76. The molecule has 0 heterocycles. The molecule has 1 aromatic rings. The van der Waals surface area contributed by atoms with Crippen LogP contribution in [0.25, 0.3) is 6.08 Å². The fourth-order valence-corrected chi connectivity index (χ4v) is 1.24. The van der Waals surface area contributed by atoms with Gasteiger partial charge in [-0.15, -0.1) is 0 Å². The van der Waals surface area contributed by atoms with Gasteiger partial charge in [-0.2, -0.15) is 0 Å². The highest BCUT2D eigenvalue weighted by Crippen LogP contribution is 2.14. The molecule has 0 aliphatic carbocycles. The lowest BCUT2D eigenvalue weighted by Gasteiger charge is -2.09. The standard InChI is InChI=1S/C14H18O2/c1-12(2)16-14-9-7-13(8-10-14)6-4-3-5-11-15/h3-10,12,15H,11H2,1-2H3/b5-3+,6-4+. The molecule has 1 aromatic carbocycles. The molecular formula is C14H18O2. The molecule has 0 atom stereocenters. The van der Waals surface area contributed by atoms with Crippen LogP contribution in [0.5, 0.6) is 5.75 Å². The van der Waals surface area contributed by atoms with Crippen molar-refractivity contribution in [3.63, 3.8) is 0 Å². The molecule has 0 radical (unpaired) electrons. The maximum absolute atomic E-state index is 8.55. The van der Waals surface area contributed by atoms with Crippen LogP contribution in [-0.4, -0.2) is 17.8 Å². The molecule has 0 saturated heterocycles. The van der Waals surface area contributed by atoms with Crippen molar-refractivity contribution in [3.05, 3.63) is 48.1 Å². The van der Waals surface area contributed by atoms with E-state index in [1.807, 2.05) is 56.3 Å². The summed E-state index contributed by atoms with van der Waals surface area (Å²) in [7, 11) is 0. The largest absolute Gasteiger partial charge is 0.491 e. The van der Waals surface area contributed by atoms with Gasteiger partial charge in [0, 0.05) is 0 Å². The molecule has 16 heavy (non-hydrogen) atoms. The molecule has 0 spiro atoms. The minimum atomic E-state index is 0.0749. The molecule has 0 aromatic heterocycles. The van der Waals surface area contributed by atoms with Gasteiger partial charge in [-0.25, -0.2) is 0 Å². The van der Waals surface area contributed by atoms with Crippen molar-refractivity contribution in [1.29, 1.82) is 0 Å². The Kier molecular flexibility index (Phi) is 5.37. The van der Waals surface area contributed by atoms with Crippen LogP contribution < -0.4 is 4.74 Å². The molecule has 2 nitrogen and oxygen atoms in total. The van der Waals surface area contributed by atoms with E-state index in [9.17, 15) is 0 Å². The van der Waals surface area contributed by atoms with Gasteiger partial charge in [0.05, 0.1) is 12.7 Å². The van der Waals surface area contributed by atoms with Crippen molar-refractivity contribution in [1.82, 2.24) is 0 Å². The van der Waals surface area contributed by atoms with Crippen LogP contribution in [0.15, 0.2) is 42.5 Å². The highest BCUT2D eigenvalue weighted by Gasteiger charge is 1.95. The lowest BCUT2D eigenvalue weighted by atomic mass is 10.2. The Bertz CT molecular complexity index is 348. The van der Waals surface area contributed by atoms with Gasteiger partial charge in [0.15, 0.2) is 0 Å². The highest BCUT2D eigenvalue weighted by molar-refractivity contribution is 5.52. The number of allylic oxidation sites excluding steroid dienone is 2. The number of aliphatic hydroxyl groups excluding tert-OH is 1. The van der Waals surface area contributed by atoms with Gasteiger partial charge < -0.3 is 9.84 Å². The Labute approximate surface area is 96.9 Å². The van der Waals surface area contributed by atoms with Gasteiger partial charge in [-0.05, 0) is 31.5 Å². The topological polar surface area (TPSA) is 29.5 Å². The first-order chi connectivity index (χ1) is 7.72. The van der Waals surface area contributed by atoms with E-state index in [1.165, 1.54) is 0 Å². The molecule has 1 N–H and O–H groups in total. The summed E-state index contributed by atoms with van der Waals surface area (Å²) in [4.78, 5) is 0. The van der Waals surface area contributed by atoms with E-state index in [2.05, 4.69) is 0 Å². The summed E-state index contributed by atoms with van der Waals surface area (Å²) in [5, 5.41) is 8.55. The first-order valence-electron chi connectivity index (χ1n) is 5.43. The summed E-state index contributed by atoms with van der Waals surface area (Å²) in [6.07, 6.45) is 7.58. The number of aliphatic hydroxyl groups is 1. The average molecular weight is 218 g/mol. The molecule has 0 bridgehead atoms. The van der Waals surface area contributed by atoms with E-state index in [4.69, 9.17) is 9.84 Å². The third-order valence-electron chi connectivity index (χ3n) is 1.89. The van der Waals surface area contributed by atoms with Gasteiger partial charge in [-0.1, -0.05) is 36.4 Å². The van der Waals surface area contributed by atoms with Crippen molar-refractivity contribution in [2.75, 3.05) is 6.61 Å². The van der Waals surface area contributed by atoms with Crippen molar-refractivity contribution >= 4 is 6.08 Å². The molecule has 2 heteroatoms. The second-order valence-corrected chi connectivity index (χ2v) is 3.71. The van der Waals surface area contributed by atoms with E-state index in [1.54, 1.807) is 6.08 Å². The van der Waals surface area contributed by atoms with Crippen LogP contribution in [0.1, 0.15) is 19.4 Å². The molecule has 0 aliphatic heterocycles. The molecule has 86 valence electrons. The molecule has 1 rings (SSSR count). The van der Waals surface area contributed by atoms with E-state index < -0.39 is 0 Å². The average Bonchev–Trinajstić information content (AvgIpc) is 2.26. The number of ether oxygens (including phenoxy) is 1. The summed E-state index contributed by atoms with van der Waals surface area (Å²) < 4.78 is 5.54. The maximum atomic E-state index is 8.55. The van der Waals surface area contributed by atoms with Crippen molar-refractivity contribution in [2.45, 2.75) is 20.0 Å². The van der Waals surface area contributed by atoms with Crippen LogP contribution in [0.2, 0.25) is 0 Å². The summed E-state index contributed by atoms with van der Waals surface area (Å²) in [5.74, 6) is 0.887. The van der Waals surface area contributed by atoms with Crippen molar-refractivity contribution < 1.29 is 9.84 Å². The Morgan fingerprint density at radius 2 is 1.88 bits per heavy atom. The predicted octanol–water partition coefficient (Wildman–Crippen LogP) is 3.04. The fourth-order valence-electron chi connectivity index (χ4n) is 1.24. The van der Waals surface area contributed by atoms with E-state index in [0.29, 0.717) is 0 Å². The predicted molar refractivity (Wildman–Crippen MR) is 67.5 cm³/mol. The zero-order chi connectivity index (χ0) is 11.8. The summed E-state index contributed by atoms with van der Waals surface area (Å²) in [5.41, 5.74) is 1.11. The van der Waals surface area contributed by atoms with Gasteiger partial charge in [-0.3, -0.25) is 0 Å². The highest BCUT2D eigenvalue weighted by atomic mass is 16.5. The smallest absolute Gasteiger partial charge is 0.119 e. The van der Waals surface area contributed by atoms with E-state index >= 15 is 0 Å². The minimum absolute atomic E-state index is 0.0749. The quantitative estimate of drug-likeness (QED) is 0.770. The third-order valence-corrected chi connectivity index (χ3v) is 1.89. The van der Waals surface area contributed by atoms with Crippen LogP contribution in [-0.2, 0) is 0 Å². The molecule has 0 amide bonds. The first kappa shape index (κ1) is 12.5. The third kappa shape index (κ3) is 4.80. The van der Waals surface area contributed by atoms with E-state index in [0.717, 1.165) is 11.3 Å². The maximum Gasteiger partial charge on any atom is 0.119 e. The molecule has 0 fully saturated rings. The van der Waals surface area contributed by atoms with Gasteiger partial charge in [0.2, 0.25) is 0 Å². The number of hydrogen-bond donors (Lipinski definition) is 1. The Balaban J connectivity index is 2.57. The molecule has 0 unspecified atom stereocenters. The summed E-state index contributed by atoms with van der Waals surface area (Å²) >= 11 is 0. The van der Waals surface area contributed by atoms with E-state index in [-0.39, 0.29) is 12.7 Å². The Morgan fingerprint density at radius 3 is 2.44 bits per heavy atom. The molecular weight excluding hydrogens is 200 g/mol. The Hall–Kier alpha value is -1.54. The van der Waals surface area contributed by atoms with Crippen LogP contribution in [0.4, 0.5) is 0 Å². The van der Waals surface area contributed by atoms with Gasteiger partial charge >= 0.3 is 0 Å². The molecule has 0 saturated carbocycles. The van der Waals surface area contributed by atoms with Crippen molar-refractivity contribution in [2.24, 2.45) is 0 Å². The second-order valence-electron chi connectivity index (χ2n) is 3.71. The number of rotatable bonds is 5. The monoisotopic (exact) mass is 218 g/mol. The zero-order valence-corrected chi connectivity index (χ0v) is 9.76. The first-order valence-corrected chi connectivity index (χ1v) is 5.43. The fraction of sp³-hybridized carbons (Fsp3) is 0.286.